The van der Waals surface area contributed by atoms with Gasteiger partial charge in [0.05, 0.1) is 18.6 Å². The van der Waals surface area contributed by atoms with Crippen molar-refractivity contribution in [1.29, 1.82) is 0 Å². The Morgan fingerprint density at radius 2 is 2.16 bits per heavy atom. The molecule has 2 aliphatic carbocycles. The molecule has 0 N–H and O–H groups in total. The maximum atomic E-state index is 13.2. The molecular weight excluding hydrogens is 410 g/mol. The number of hydrogen-bond donors (Lipinski definition) is 0. The molecule has 0 spiro atoms. The molecule has 1 amide bonds. The number of carbonyl (C=O) groups is 1. The Labute approximate surface area is 185 Å². The van der Waals surface area contributed by atoms with Gasteiger partial charge in [-0.15, -0.1) is 10.2 Å². The van der Waals surface area contributed by atoms with Crippen LogP contribution in [0.5, 0.6) is 0 Å². The number of amides is 1. The van der Waals surface area contributed by atoms with E-state index in [9.17, 15) is 4.79 Å². The summed E-state index contributed by atoms with van der Waals surface area (Å²) in [5, 5.41) is 9.51. The van der Waals surface area contributed by atoms with Crippen LogP contribution in [0, 0.1) is 0 Å². The third kappa shape index (κ3) is 4.58. The molecule has 8 heteroatoms. The molecule has 2 aliphatic rings. The molecule has 160 valence electrons. The highest BCUT2D eigenvalue weighted by Gasteiger charge is 2.35. The lowest BCUT2D eigenvalue weighted by molar-refractivity contribution is -0.127. The molecule has 0 unspecified atom stereocenters. The second kappa shape index (κ2) is 9.09. The van der Waals surface area contributed by atoms with Gasteiger partial charge in [0.25, 0.3) is 0 Å². The molecule has 3 heterocycles. The van der Waals surface area contributed by atoms with Crippen molar-refractivity contribution in [3.05, 3.63) is 60.5 Å². The van der Waals surface area contributed by atoms with Gasteiger partial charge in [0, 0.05) is 29.7 Å². The van der Waals surface area contributed by atoms with Gasteiger partial charge in [-0.1, -0.05) is 17.8 Å². The lowest BCUT2D eigenvalue weighted by Gasteiger charge is -2.27. The zero-order valence-corrected chi connectivity index (χ0v) is 18.1. The van der Waals surface area contributed by atoms with Crippen LogP contribution < -0.4 is 0 Å². The van der Waals surface area contributed by atoms with Crippen LogP contribution in [0.4, 0.5) is 0 Å². The summed E-state index contributed by atoms with van der Waals surface area (Å²) >= 11 is 1.44. The van der Waals surface area contributed by atoms with Crippen LogP contribution in [0.25, 0.3) is 11.4 Å². The zero-order chi connectivity index (χ0) is 21.0. The molecule has 0 aromatic carbocycles. The van der Waals surface area contributed by atoms with Gasteiger partial charge in [-0.05, 0) is 62.8 Å². The fourth-order valence-electron chi connectivity index (χ4n) is 3.97. The Bertz CT molecular complexity index is 1060. The highest BCUT2D eigenvalue weighted by molar-refractivity contribution is 7.99. The van der Waals surface area contributed by atoms with Crippen LogP contribution in [0.2, 0.25) is 0 Å². The Morgan fingerprint density at radius 1 is 1.23 bits per heavy atom. The van der Waals surface area contributed by atoms with Crippen LogP contribution in [0.15, 0.2) is 64.3 Å². The summed E-state index contributed by atoms with van der Waals surface area (Å²) < 4.78 is 7.55. The van der Waals surface area contributed by atoms with Crippen molar-refractivity contribution in [2.24, 2.45) is 0 Å². The van der Waals surface area contributed by atoms with Gasteiger partial charge in [-0.2, -0.15) is 0 Å². The maximum Gasteiger partial charge on any atom is 0.237 e. The first-order valence-electron chi connectivity index (χ1n) is 10.8. The van der Waals surface area contributed by atoms with Gasteiger partial charge in [-0.3, -0.25) is 14.3 Å². The molecular formula is C23H25N5O2S. The van der Waals surface area contributed by atoms with Crippen molar-refractivity contribution < 1.29 is 9.21 Å². The first-order chi connectivity index (χ1) is 15.3. The van der Waals surface area contributed by atoms with Crippen LogP contribution in [-0.2, 0) is 11.3 Å². The van der Waals surface area contributed by atoms with Crippen LogP contribution in [-0.4, -0.2) is 42.4 Å². The smallest absolute Gasteiger partial charge is 0.237 e. The highest BCUT2D eigenvalue weighted by Crippen LogP contribution is 2.35. The third-order valence-electron chi connectivity index (χ3n) is 5.61. The largest absolute Gasteiger partial charge is 0.467 e. The second-order valence-electron chi connectivity index (χ2n) is 7.94. The molecule has 3 aromatic rings. The summed E-state index contributed by atoms with van der Waals surface area (Å²) in [7, 11) is 0. The third-order valence-corrected chi connectivity index (χ3v) is 6.56. The lowest BCUT2D eigenvalue weighted by Crippen LogP contribution is -2.34. The number of nitrogens with zero attached hydrogens (tertiary/aromatic N) is 5. The van der Waals surface area contributed by atoms with E-state index in [2.05, 4.69) is 26.2 Å². The molecule has 5 rings (SSSR count). The molecule has 1 fully saturated rings. The number of thioether (sulfide) groups is 1. The highest BCUT2D eigenvalue weighted by atomic mass is 32.2. The van der Waals surface area contributed by atoms with Crippen molar-refractivity contribution in [2.75, 3.05) is 5.75 Å². The molecule has 0 aliphatic heterocycles. The van der Waals surface area contributed by atoms with E-state index in [4.69, 9.17) is 4.42 Å². The summed E-state index contributed by atoms with van der Waals surface area (Å²) in [6.07, 6.45) is 14.1. The zero-order valence-electron chi connectivity index (χ0n) is 17.3. The Morgan fingerprint density at radius 3 is 2.87 bits per heavy atom. The Kier molecular flexibility index (Phi) is 5.88. The van der Waals surface area contributed by atoms with Crippen molar-refractivity contribution in [3.8, 4) is 11.4 Å². The van der Waals surface area contributed by atoms with Gasteiger partial charge in [-0.25, -0.2) is 0 Å². The summed E-state index contributed by atoms with van der Waals surface area (Å²) in [5.41, 5.74) is 2.10. The minimum Gasteiger partial charge on any atom is -0.467 e. The summed E-state index contributed by atoms with van der Waals surface area (Å²) in [5.74, 6) is 2.03. The van der Waals surface area contributed by atoms with Crippen LogP contribution in [0.3, 0.4) is 0 Å². The normalized spacial score (nSPS) is 16.2. The van der Waals surface area contributed by atoms with E-state index in [1.54, 1.807) is 18.7 Å². The number of aromatic nitrogens is 4. The van der Waals surface area contributed by atoms with Gasteiger partial charge >= 0.3 is 0 Å². The second-order valence-corrected chi connectivity index (χ2v) is 8.88. The number of allylic oxidation sites excluding steroid dienone is 2. The van der Waals surface area contributed by atoms with E-state index < -0.39 is 0 Å². The van der Waals surface area contributed by atoms with Crippen molar-refractivity contribution in [1.82, 2.24) is 24.6 Å². The predicted octanol–water partition coefficient (Wildman–Crippen LogP) is 4.52. The van der Waals surface area contributed by atoms with Gasteiger partial charge < -0.3 is 9.32 Å². The lowest BCUT2D eigenvalue weighted by atomic mass is 10.0. The summed E-state index contributed by atoms with van der Waals surface area (Å²) in [6, 6.07) is 8.01. The van der Waals surface area contributed by atoms with E-state index in [1.807, 2.05) is 28.8 Å². The topological polar surface area (TPSA) is 77.0 Å². The van der Waals surface area contributed by atoms with E-state index in [0.717, 1.165) is 37.0 Å². The number of carbonyl (C=O) groups excluding carboxylic acids is 1. The average molecular weight is 436 g/mol. The van der Waals surface area contributed by atoms with E-state index >= 15 is 0 Å². The number of hydrogen-bond acceptors (Lipinski definition) is 6. The van der Waals surface area contributed by atoms with Crippen LogP contribution >= 0.6 is 11.8 Å². The first kappa shape index (κ1) is 20.1. The molecule has 7 nitrogen and oxygen atoms in total. The first-order valence-corrected chi connectivity index (χ1v) is 11.8. The predicted molar refractivity (Wildman–Crippen MR) is 118 cm³/mol. The fraction of sp³-hybridized carbons (Fsp3) is 0.391. The molecule has 1 saturated carbocycles. The maximum absolute atomic E-state index is 13.2. The minimum atomic E-state index is 0.163. The van der Waals surface area contributed by atoms with Crippen LogP contribution in [0.1, 0.15) is 44.3 Å². The number of rotatable bonds is 8. The minimum absolute atomic E-state index is 0.163. The monoisotopic (exact) mass is 435 g/mol. The SMILES string of the molecule is O=C(CSc1nnc(-c2cccnc2)n1Cc1ccco1)N(C1=CCCCC1)C1CC1. The van der Waals surface area contributed by atoms with Gasteiger partial charge in [0.2, 0.25) is 5.91 Å². The molecule has 0 bridgehead atoms. The average Bonchev–Trinajstić information content (AvgIpc) is 3.35. The Hall–Kier alpha value is -2.87. The summed E-state index contributed by atoms with van der Waals surface area (Å²) in [6.45, 7) is 0.498. The number of furan rings is 1. The fourth-order valence-corrected chi connectivity index (χ4v) is 4.77. The van der Waals surface area contributed by atoms with E-state index in [0.29, 0.717) is 29.3 Å². The summed E-state index contributed by atoms with van der Waals surface area (Å²) in [4.78, 5) is 19.4. The molecule has 0 radical (unpaired) electrons. The standard InChI is InChI=1S/C23H25N5O2S/c29-21(28(19-10-11-19)18-7-2-1-3-8-18)16-31-23-26-25-22(17-6-4-12-24-14-17)27(23)15-20-9-5-13-30-20/h4-7,9,12-14,19H,1-3,8,10-11,15-16H2. The van der Waals surface area contributed by atoms with E-state index in [-0.39, 0.29) is 5.91 Å². The van der Waals surface area contributed by atoms with Gasteiger partial charge in [0.1, 0.15) is 5.76 Å². The molecule has 3 aromatic heterocycles. The van der Waals surface area contributed by atoms with Gasteiger partial charge in [0.15, 0.2) is 11.0 Å². The van der Waals surface area contributed by atoms with Crippen molar-refractivity contribution in [2.45, 2.75) is 56.3 Å². The Balaban J connectivity index is 1.36. The van der Waals surface area contributed by atoms with E-state index in [1.165, 1.54) is 30.3 Å². The quantitative estimate of drug-likeness (QED) is 0.484. The molecule has 31 heavy (non-hydrogen) atoms. The van der Waals surface area contributed by atoms with Crippen molar-refractivity contribution in [3.63, 3.8) is 0 Å². The molecule has 0 saturated heterocycles. The molecule has 0 atom stereocenters. The number of pyridine rings is 1. The van der Waals surface area contributed by atoms with Crippen molar-refractivity contribution >= 4 is 17.7 Å².